The number of ether oxygens (including phenoxy) is 2. The molecule has 1 heterocycles. The normalized spacial score (nSPS) is 15.7. The third-order valence-corrected chi connectivity index (χ3v) is 2.69. The zero-order chi connectivity index (χ0) is 14.0. The van der Waals surface area contributed by atoms with Crippen molar-refractivity contribution in [2.24, 2.45) is 0 Å². The first-order valence-electron chi connectivity index (χ1n) is 5.53. The van der Waals surface area contributed by atoms with Gasteiger partial charge in [0.2, 0.25) is 0 Å². The number of fused-ring (bicyclic) bond motifs is 1. The van der Waals surface area contributed by atoms with Crippen molar-refractivity contribution in [1.29, 1.82) is 0 Å². The summed E-state index contributed by atoms with van der Waals surface area (Å²) in [6, 6.07) is 4.03. The molecular formula is C12H11F3O4. The fourth-order valence-electron chi connectivity index (χ4n) is 1.90. The summed E-state index contributed by atoms with van der Waals surface area (Å²) in [4.78, 5) is 10.3. The summed E-state index contributed by atoms with van der Waals surface area (Å²) in [6.45, 7) is -0.566. The summed E-state index contributed by atoms with van der Waals surface area (Å²) < 4.78 is 48.2. The van der Waals surface area contributed by atoms with Crippen LogP contribution in [0.25, 0.3) is 0 Å². The fourth-order valence-corrected chi connectivity index (χ4v) is 1.90. The summed E-state index contributed by atoms with van der Waals surface area (Å²) in [5.41, 5.74) is 0.559. The number of rotatable bonds is 4. The van der Waals surface area contributed by atoms with E-state index in [0.29, 0.717) is 24.3 Å². The molecule has 1 aliphatic rings. The maximum absolute atomic E-state index is 12.9. The first-order valence-corrected chi connectivity index (χ1v) is 5.53. The molecule has 104 valence electrons. The van der Waals surface area contributed by atoms with E-state index < -0.39 is 24.9 Å². The molecule has 0 bridgehead atoms. The number of hydrogen-bond donors (Lipinski definition) is 1. The van der Waals surface area contributed by atoms with Gasteiger partial charge in [-0.05, 0) is 23.3 Å². The molecule has 0 spiro atoms. The molecule has 19 heavy (non-hydrogen) atoms. The van der Waals surface area contributed by atoms with Gasteiger partial charge in [-0.3, -0.25) is 0 Å². The Balaban J connectivity index is 2.25. The van der Waals surface area contributed by atoms with E-state index in [2.05, 4.69) is 4.74 Å². The lowest BCUT2D eigenvalue weighted by atomic mass is 10.0. The minimum atomic E-state index is -4.66. The summed E-state index contributed by atoms with van der Waals surface area (Å²) in [6.07, 6.45) is -6.37. The molecule has 1 aliphatic heterocycles. The van der Waals surface area contributed by atoms with Gasteiger partial charge in [-0.2, -0.15) is 13.2 Å². The van der Waals surface area contributed by atoms with Crippen LogP contribution in [0.15, 0.2) is 18.2 Å². The number of alkyl halides is 3. The van der Waals surface area contributed by atoms with Crippen molar-refractivity contribution in [3.63, 3.8) is 0 Å². The molecule has 0 saturated carbocycles. The maximum Gasteiger partial charge on any atom is 0.418 e. The van der Waals surface area contributed by atoms with Gasteiger partial charge in [0.05, 0.1) is 6.61 Å². The molecule has 4 nitrogen and oxygen atoms in total. The second-order valence-electron chi connectivity index (χ2n) is 4.09. The minimum Gasteiger partial charge on any atom is -0.493 e. The summed E-state index contributed by atoms with van der Waals surface area (Å²) in [5, 5.41) is 8.42. The van der Waals surface area contributed by atoms with E-state index in [1.165, 1.54) is 18.2 Å². The Labute approximate surface area is 106 Å². The molecule has 1 unspecified atom stereocenters. The molecule has 0 aromatic heterocycles. The first-order chi connectivity index (χ1) is 8.88. The molecule has 0 saturated heterocycles. The molecular weight excluding hydrogens is 265 g/mol. The van der Waals surface area contributed by atoms with Crippen molar-refractivity contribution in [2.45, 2.75) is 18.7 Å². The van der Waals surface area contributed by atoms with E-state index in [9.17, 15) is 18.0 Å². The van der Waals surface area contributed by atoms with E-state index in [4.69, 9.17) is 9.84 Å². The predicted molar refractivity (Wildman–Crippen MR) is 58.0 cm³/mol. The standard InChI is InChI=1S/C12H11F3O4/c13-12(14,15)11(19-6-10(16)17)8-1-2-9-7(5-8)3-4-18-9/h1-2,5,11H,3-4,6H2,(H,16,17). The Kier molecular flexibility index (Phi) is 3.66. The van der Waals surface area contributed by atoms with E-state index in [0.717, 1.165) is 0 Å². The summed E-state index contributed by atoms with van der Waals surface area (Å²) in [7, 11) is 0. The summed E-state index contributed by atoms with van der Waals surface area (Å²) >= 11 is 0. The van der Waals surface area contributed by atoms with Crippen LogP contribution in [0.3, 0.4) is 0 Å². The van der Waals surface area contributed by atoms with Crippen LogP contribution in [0.5, 0.6) is 5.75 Å². The molecule has 1 aromatic carbocycles. The van der Waals surface area contributed by atoms with Crippen molar-refractivity contribution < 1.29 is 32.5 Å². The monoisotopic (exact) mass is 276 g/mol. The van der Waals surface area contributed by atoms with Crippen molar-refractivity contribution in [3.8, 4) is 5.75 Å². The molecule has 0 radical (unpaired) electrons. The third kappa shape index (κ3) is 3.17. The quantitative estimate of drug-likeness (QED) is 0.917. The molecule has 1 aromatic rings. The highest BCUT2D eigenvalue weighted by Gasteiger charge is 2.42. The number of carboxylic acids is 1. The second kappa shape index (κ2) is 5.08. The molecule has 2 rings (SSSR count). The molecule has 1 N–H and O–H groups in total. The van der Waals surface area contributed by atoms with Crippen LogP contribution < -0.4 is 4.74 Å². The predicted octanol–water partition coefficient (Wildman–Crippen LogP) is 2.33. The Morgan fingerprint density at radius 1 is 1.47 bits per heavy atom. The Bertz CT molecular complexity index is 484. The Hall–Kier alpha value is -1.76. The lowest BCUT2D eigenvalue weighted by molar-refractivity contribution is -0.225. The molecule has 0 amide bonds. The Morgan fingerprint density at radius 3 is 2.84 bits per heavy atom. The van der Waals surface area contributed by atoms with Crippen molar-refractivity contribution in [3.05, 3.63) is 29.3 Å². The zero-order valence-corrected chi connectivity index (χ0v) is 9.74. The fraction of sp³-hybridized carbons (Fsp3) is 0.417. The maximum atomic E-state index is 12.9. The van der Waals surface area contributed by atoms with Gasteiger partial charge in [0.15, 0.2) is 6.10 Å². The van der Waals surface area contributed by atoms with Crippen LogP contribution in [0.2, 0.25) is 0 Å². The van der Waals surface area contributed by atoms with Crippen LogP contribution in [0.1, 0.15) is 17.2 Å². The highest BCUT2D eigenvalue weighted by Crippen LogP contribution is 2.38. The molecule has 0 aliphatic carbocycles. The largest absolute Gasteiger partial charge is 0.493 e. The topological polar surface area (TPSA) is 55.8 Å². The number of hydrogen-bond acceptors (Lipinski definition) is 3. The van der Waals surface area contributed by atoms with Gasteiger partial charge in [-0.1, -0.05) is 6.07 Å². The first kappa shape index (κ1) is 13.7. The van der Waals surface area contributed by atoms with Gasteiger partial charge in [-0.25, -0.2) is 4.79 Å². The smallest absolute Gasteiger partial charge is 0.418 e. The summed E-state index contributed by atoms with van der Waals surface area (Å²) in [5.74, 6) is -0.887. The van der Waals surface area contributed by atoms with Crippen LogP contribution in [0.4, 0.5) is 13.2 Å². The minimum absolute atomic E-state index is 0.113. The van der Waals surface area contributed by atoms with E-state index in [-0.39, 0.29) is 5.56 Å². The second-order valence-corrected chi connectivity index (χ2v) is 4.09. The average molecular weight is 276 g/mol. The average Bonchev–Trinajstić information content (AvgIpc) is 2.74. The van der Waals surface area contributed by atoms with Crippen LogP contribution in [0, 0.1) is 0 Å². The number of halogens is 3. The third-order valence-electron chi connectivity index (χ3n) is 2.69. The van der Waals surface area contributed by atoms with Gasteiger partial charge in [0.1, 0.15) is 12.4 Å². The highest BCUT2D eigenvalue weighted by atomic mass is 19.4. The van der Waals surface area contributed by atoms with Crippen LogP contribution in [-0.2, 0) is 16.0 Å². The lowest BCUT2D eigenvalue weighted by Gasteiger charge is -2.20. The highest BCUT2D eigenvalue weighted by molar-refractivity contribution is 5.68. The number of benzene rings is 1. The lowest BCUT2D eigenvalue weighted by Crippen LogP contribution is -2.26. The SMILES string of the molecule is O=C(O)COC(c1ccc2c(c1)CCO2)C(F)(F)F. The van der Waals surface area contributed by atoms with Gasteiger partial charge in [0.25, 0.3) is 0 Å². The van der Waals surface area contributed by atoms with Crippen molar-refractivity contribution >= 4 is 5.97 Å². The van der Waals surface area contributed by atoms with Gasteiger partial charge in [-0.15, -0.1) is 0 Å². The van der Waals surface area contributed by atoms with Gasteiger partial charge in [0, 0.05) is 6.42 Å². The van der Waals surface area contributed by atoms with Crippen LogP contribution >= 0.6 is 0 Å². The van der Waals surface area contributed by atoms with E-state index >= 15 is 0 Å². The van der Waals surface area contributed by atoms with Gasteiger partial charge < -0.3 is 14.6 Å². The van der Waals surface area contributed by atoms with Gasteiger partial charge >= 0.3 is 12.1 Å². The van der Waals surface area contributed by atoms with E-state index in [1.54, 1.807) is 0 Å². The molecule has 1 atom stereocenters. The number of aliphatic carboxylic acids is 1. The van der Waals surface area contributed by atoms with Crippen molar-refractivity contribution in [2.75, 3.05) is 13.2 Å². The molecule has 0 fully saturated rings. The molecule has 7 heteroatoms. The Morgan fingerprint density at radius 2 is 2.21 bits per heavy atom. The van der Waals surface area contributed by atoms with Crippen LogP contribution in [-0.4, -0.2) is 30.5 Å². The number of carboxylic acid groups (broad SMARTS) is 1. The number of carbonyl (C=O) groups is 1. The zero-order valence-electron chi connectivity index (χ0n) is 9.74. The van der Waals surface area contributed by atoms with Crippen molar-refractivity contribution in [1.82, 2.24) is 0 Å². The van der Waals surface area contributed by atoms with E-state index in [1.807, 2.05) is 0 Å².